The standard InChI is InChI=1S/C8H14O2Si/c1-5-6-11(4,7(2)9)8(3)10/h5-6H,1-4H3. The first kappa shape index (κ1) is 10.3. The van der Waals surface area contributed by atoms with Crippen molar-refractivity contribution >= 4 is 18.9 Å². The Labute approximate surface area is 68.3 Å². The van der Waals surface area contributed by atoms with Crippen molar-refractivity contribution in [2.75, 3.05) is 0 Å². The lowest BCUT2D eigenvalue weighted by molar-refractivity contribution is -0.114. The van der Waals surface area contributed by atoms with Crippen LogP contribution in [0.25, 0.3) is 0 Å². The molecule has 0 rings (SSSR count). The molecule has 0 aromatic carbocycles. The molecule has 0 aliphatic carbocycles. The molecule has 0 atom stereocenters. The van der Waals surface area contributed by atoms with Crippen molar-refractivity contribution in [3.8, 4) is 0 Å². The molecule has 0 amide bonds. The zero-order valence-electron chi connectivity index (χ0n) is 7.47. The molecule has 0 N–H and O–H groups in total. The van der Waals surface area contributed by atoms with Crippen LogP contribution >= 0.6 is 0 Å². The van der Waals surface area contributed by atoms with Crippen LogP contribution in [0, 0.1) is 0 Å². The van der Waals surface area contributed by atoms with Gasteiger partial charge >= 0.3 is 0 Å². The topological polar surface area (TPSA) is 34.1 Å². The van der Waals surface area contributed by atoms with Crippen molar-refractivity contribution in [1.82, 2.24) is 0 Å². The van der Waals surface area contributed by atoms with Crippen LogP contribution in [0.5, 0.6) is 0 Å². The molecule has 0 fully saturated rings. The van der Waals surface area contributed by atoms with Gasteiger partial charge in [-0.25, -0.2) is 0 Å². The van der Waals surface area contributed by atoms with Crippen LogP contribution in [0.15, 0.2) is 11.8 Å². The minimum Gasteiger partial charge on any atom is -0.305 e. The minimum atomic E-state index is -2.36. The summed E-state index contributed by atoms with van der Waals surface area (Å²) in [5, 5.41) is 0.0613. The van der Waals surface area contributed by atoms with Gasteiger partial charge in [0.2, 0.25) is 8.07 Å². The van der Waals surface area contributed by atoms with Crippen molar-refractivity contribution in [3.63, 3.8) is 0 Å². The van der Waals surface area contributed by atoms with Gasteiger partial charge in [0.05, 0.1) is 0 Å². The maximum Gasteiger partial charge on any atom is 0.226 e. The van der Waals surface area contributed by atoms with Gasteiger partial charge in [-0.15, -0.1) is 0 Å². The second-order valence-corrected chi connectivity index (χ2v) is 6.96. The molecule has 0 radical (unpaired) electrons. The van der Waals surface area contributed by atoms with Gasteiger partial charge in [-0.2, -0.15) is 0 Å². The second-order valence-electron chi connectivity index (χ2n) is 2.81. The molecule has 2 nitrogen and oxygen atoms in total. The van der Waals surface area contributed by atoms with Crippen LogP contribution < -0.4 is 0 Å². The molecule has 0 saturated heterocycles. The van der Waals surface area contributed by atoms with Gasteiger partial charge in [-0.1, -0.05) is 18.3 Å². The van der Waals surface area contributed by atoms with Crippen molar-refractivity contribution in [2.24, 2.45) is 0 Å². The molecule has 0 spiro atoms. The van der Waals surface area contributed by atoms with E-state index in [1.54, 1.807) is 18.3 Å². The highest BCUT2D eigenvalue weighted by Crippen LogP contribution is 2.07. The molecule has 0 heterocycles. The molecule has 0 aliphatic heterocycles. The summed E-state index contributed by atoms with van der Waals surface area (Å²) in [5.41, 5.74) is 1.78. The molecular formula is C8H14O2Si. The van der Waals surface area contributed by atoms with Crippen molar-refractivity contribution in [2.45, 2.75) is 27.3 Å². The SMILES string of the molecule is CC=C[Si](C)(C(C)=O)C(C)=O. The molecule has 0 aromatic rings. The Balaban J connectivity index is 4.82. The number of carbonyl (C=O) groups excluding carboxylic acids is 2. The van der Waals surface area contributed by atoms with Crippen LogP contribution in [0.3, 0.4) is 0 Å². The van der Waals surface area contributed by atoms with E-state index in [0.29, 0.717) is 0 Å². The Morgan fingerprint density at radius 3 is 1.64 bits per heavy atom. The van der Waals surface area contributed by atoms with E-state index in [0.717, 1.165) is 0 Å². The lowest BCUT2D eigenvalue weighted by Gasteiger charge is -2.14. The van der Waals surface area contributed by atoms with Gasteiger partial charge in [0, 0.05) is 0 Å². The maximum absolute atomic E-state index is 11.1. The van der Waals surface area contributed by atoms with E-state index in [4.69, 9.17) is 0 Å². The highest BCUT2D eigenvalue weighted by molar-refractivity contribution is 7.26. The van der Waals surface area contributed by atoms with Crippen LogP contribution in [-0.2, 0) is 9.59 Å². The number of hydrogen-bond donors (Lipinski definition) is 0. The molecule has 0 aliphatic rings. The normalized spacial score (nSPS) is 12.0. The first-order chi connectivity index (χ1) is 4.95. The third-order valence-corrected chi connectivity index (χ3v) is 5.89. The lowest BCUT2D eigenvalue weighted by atomic mass is 10.8. The highest BCUT2D eigenvalue weighted by Gasteiger charge is 2.35. The highest BCUT2D eigenvalue weighted by atomic mass is 28.3. The third-order valence-electron chi connectivity index (χ3n) is 1.96. The van der Waals surface area contributed by atoms with E-state index < -0.39 is 8.07 Å². The second kappa shape index (κ2) is 3.62. The van der Waals surface area contributed by atoms with Gasteiger partial charge in [0.25, 0.3) is 0 Å². The van der Waals surface area contributed by atoms with Gasteiger partial charge in [0.15, 0.2) is 0 Å². The summed E-state index contributed by atoms with van der Waals surface area (Å²) in [6.45, 7) is 6.59. The Morgan fingerprint density at radius 1 is 1.18 bits per heavy atom. The van der Waals surface area contributed by atoms with Crippen LogP contribution in [-0.4, -0.2) is 18.9 Å². The number of hydrogen-bond acceptors (Lipinski definition) is 2. The van der Waals surface area contributed by atoms with E-state index in [-0.39, 0.29) is 10.8 Å². The minimum absolute atomic E-state index is 0.0306. The largest absolute Gasteiger partial charge is 0.305 e. The predicted molar refractivity (Wildman–Crippen MR) is 47.8 cm³/mol. The van der Waals surface area contributed by atoms with Crippen LogP contribution in [0.2, 0.25) is 6.55 Å². The number of allylic oxidation sites excluding steroid dienone is 1. The molecule has 0 saturated carbocycles. The molecule has 11 heavy (non-hydrogen) atoms. The van der Waals surface area contributed by atoms with E-state index >= 15 is 0 Å². The van der Waals surface area contributed by atoms with Gasteiger partial charge in [0.1, 0.15) is 10.8 Å². The first-order valence-corrected chi connectivity index (χ1v) is 6.18. The summed E-state index contributed by atoms with van der Waals surface area (Å²) in [7, 11) is -2.36. The molecule has 0 aromatic heterocycles. The lowest BCUT2D eigenvalue weighted by Crippen LogP contribution is -2.45. The summed E-state index contributed by atoms with van der Waals surface area (Å²) in [6, 6.07) is 0. The van der Waals surface area contributed by atoms with Crippen LogP contribution in [0.4, 0.5) is 0 Å². The van der Waals surface area contributed by atoms with Gasteiger partial charge in [-0.3, -0.25) is 0 Å². The van der Waals surface area contributed by atoms with Crippen molar-refractivity contribution in [1.29, 1.82) is 0 Å². The first-order valence-electron chi connectivity index (χ1n) is 3.61. The monoisotopic (exact) mass is 170 g/mol. The quantitative estimate of drug-likeness (QED) is 0.601. The van der Waals surface area contributed by atoms with E-state index in [1.807, 2.05) is 6.92 Å². The summed E-state index contributed by atoms with van der Waals surface area (Å²) >= 11 is 0. The summed E-state index contributed by atoms with van der Waals surface area (Å²) in [4.78, 5) is 22.2. The average molecular weight is 170 g/mol. The Kier molecular flexibility index (Phi) is 3.39. The zero-order chi connectivity index (χ0) is 9.07. The fourth-order valence-corrected chi connectivity index (χ4v) is 2.45. The Hall–Kier alpha value is -0.703. The molecular weight excluding hydrogens is 156 g/mol. The van der Waals surface area contributed by atoms with Crippen LogP contribution in [0.1, 0.15) is 20.8 Å². The number of rotatable bonds is 3. The Morgan fingerprint density at radius 2 is 1.55 bits per heavy atom. The van der Waals surface area contributed by atoms with Crippen molar-refractivity contribution in [3.05, 3.63) is 11.8 Å². The molecule has 0 unspecified atom stereocenters. The zero-order valence-corrected chi connectivity index (χ0v) is 8.47. The summed E-state index contributed by atoms with van der Waals surface area (Å²) < 4.78 is 0. The third kappa shape index (κ3) is 2.12. The summed E-state index contributed by atoms with van der Waals surface area (Å²) in [6.07, 6.45) is 1.79. The molecule has 0 bridgehead atoms. The predicted octanol–water partition coefficient (Wildman–Crippen LogP) is 1.44. The maximum atomic E-state index is 11.1. The van der Waals surface area contributed by atoms with E-state index in [2.05, 4.69) is 0 Å². The molecule has 3 heteroatoms. The fourth-order valence-electron chi connectivity index (χ4n) is 0.816. The van der Waals surface area contributed by atoms with E-state index in [1.165, 1.54) is 13.8 Å². The summed E-state index contributed by atoms with van der Waals surface area (Å²) in [5.74, 6) is 0. The number of carbonyl (C=O) groups is 2. The fraction of sp³-hybridized carbons (Fsp3) is 0.500. The van der Waals surface area contributed by atoms with Gasteiger partial charge in [-0.05, 0) is 20.8 Å². The van der Waals surface area contributed by atoms with Gasteiger partial charge < -0.3 is 9.59 Å². The smallest absolute Gasteiger partial charge is 0.226 e. The van der Waals surface area contributed by atoms with Crippen molar-refractivity contribution < 1.29 is 9.59 Å². The Bertz CT molecular complexity index is 192. The molecule has 62 valence electrons. The average Bonchev–Trinajstić information content (AvgIpc) is 1.87. The van der Waals surface area contributed by atoms with E-state index in [9.17, 15) is 9.59 Å².